The van der Waals surface area contributed by atoms with Gasteiger partial charge in [0.1, 0.15) is 12.2 Å². The van der Waals surface area contributed by atoms with Crippen LogP contribution in [-0.4, -0.2) is 57.3 Å². The summed E-state index contributed by atoms with van der Waals surface area (Å²) in [5, 5.41) is 4.19. The highest BCUT2D eigenvalue weighted by molar-refractivity contribution is 7.89. The highest BCUT2D eigenvalue weighted by Gasteiger charge is 2.33. The van der Waals surface area contributed by atoms with Crippen molar-refractivity contribution in [3.05, 3.63) is 24.7 Å². The van der Waals surface area contributed by atoms with Crippen LogP contribution < -0.4 is 0 Å². The molecule has 3 heterocycles. The Morgan fingerprint density at radius 1 is 1.36 bits per heavy atom. The summed E-state index contributed by atoms with van der Waals surface area (Å²) in [5.74, 6) is 0.629. The predicted molar refractivity (Wildman–Crippen MR) is 76.2 cm³/mol. The van der Waals surface area contributed by atoms with Crippen LogP contribution in [0.25, 0.3) is 0 Å². The number of imidazole rings is 1. The van der Waals surface area contributed by atoms with Crippen molar-refractivity contribution in [2.75, 3.05) is 20.3 Å². The summed E-state index contributed by atoms with van der Waals surface area (Å²) in [4.78, 5) is 8.12. The highest BCUT2D eigenvalue weighted by Crippen LogP contribution is 2.21. The third-order valence-electron chi connectivity index (χ3n) is 3.59. The van der Waals surface area contributed by atoms with E-state index in [0.717, 1.165) is 0 Å². The van der Waals surface area contributed by atoms with E-state index in [2.05, 4.69) is 15.1 Å². The zero-order valence-electron chi connectivity index (χ0n) is 12.5. The summed E-state index contributed by atoms with van der Waals surface area (Å²) in [7, 11) is -0.335. The molecule has 1 aliphatic rings. The lowest BCUT2D eigenvalue weighted by atomic mass is 10.1. The number of rotatable bonds is 4. The molecule has 1 aliphatic heterocycles. The molecule has 1 atom stereocenters. The van der Waals surface area contributed by atoms with Crippen LogP contribution >= 0.6 is 0 Å². The molecule has 1 unspecified atom stereocenters. The van der Waals surface area contributed by atoms with Crippen molar-refractivity contribution in [1.82, 2.24) is 28.6 Å². The molecule has 0 amide bonds. The fourth-order valence-corrected chi connectivity index (χ4v) is 3.99. The van der Waals surface area contributed by atoms with E-state index in [1.165, 1.54) is 23.2 Å². The van der Waals surface area contributed by atoms with Crippen molar-refractivity contribution in [2.24, 2.45) is 13.0 Å². The lowest BCUT2D eigenvalue weighted by Gasteiger charge is -2.21. The summed E-state index contributed by atoms with van der Waals surface area (Å²) in [5.41, 5.74) is 0. The molecule has 3 rings (SSSR count). The van der Waals surface area contributed by atoms with Crippen LogP contribution in [0.5, 0.6) is 0 Å². The van der Waals surface area contributed by atoms with E-state index in [-0.39, 0.29) is 17.5 Å². The van der Waals surface area contributed by atoms with Gasteiger partial charge < -0.3 is 9.30 Å². The molecule has 22 heavy (non-hydrogen) atoms. The maximum Gasteiger partial charge on any atom is 0.262 e. The fourth-order valence-electron chi connectivity index (χ4n) is 2.55. The molecule has 0 aromatic carbocycles. The molecule has 0 spiro atoms. The van der Waals surface area contributed by atoms with Crippen molar-refractivity contribution in [3.8, 4) is 0 Å². The SMILES string of the molecule is COCC1CN(S(=O)(=O)c2cn(C)cn2)Cc2ncnn2C1. The quantitative estimate of drug-likeness (QED) is 0.750. The topological polar surface area (TPSA) is 95.1 Å². The van der Waals surface area contributed by atoms with E-state index in [9.17, 15) is 8.42 Å². The normalized spacial score (nSPS) is 19.8. The summed E-state index contributed by atoms with van der Waals surface area (Å²) in [6, 6.07) is 0. The molecule has 9 nitrogen and oxygen atoms in total. The van der Waals surface area contributed by atoms with Crippen molar-refractivity contribution >= 4 is 10.0 Å². The monoisotopic (exact) mass is 326 g/mol. The van der Waals surface area contributed by atoms with Gasteiger partial charge in [-0.25, -0.2) is 23.1 Å². The average Bonchev–Trinajstić information content (AvgIpc) is 3.05. The third kappa shape index (κ3) is 2.76. The number of hydrogen-bond donors (Lipinski definition) is 0. The maximum absolute atomic E-state index is 12.8. The zero-order chi connectivity index (χ0) is 15.7. The van der Waals surface area contributed by atoms with Crippen LogP contribution in [0.3, 0.4) is 0 Å². The Labute approximate surface area is 128 Å². The number of aryl methyl sites for hydroxylation is 1. The first-order chi connectivity index (χ1) is 10.5. The van der Waals surface area contributed by atoms with Gasteiger partial charge in [-0.15, -0.1) is 0 Å². The maximum atomic E-state index is 12.8. The van der Waals surface area contributed by atoms with Gasteiger partial charge in [0.15, 0.2) is 5.03 Å². The predicted octanol–water partition coefficient (Wildman–Crippen LogP) is -0.521. The molecule has 0 fully saturated rings. The Morgan fingerprint density at radius 3 is 2.86 bits per heavy atom. The summed E-state index contributed by atoms with van der Waals surface area (Å²) in [6.45, 7) is 1.56. The standard InChI is InChI=1S/C12H18N6O3S/c1-16-6-12(14-9-16)22(19,20)17-3-10(7-21-2)4-18-11(5-17)13-8-15-18/h6,8-10H,3-5,7H2,1-2H3. The van der Waals surface area contributed by atoms with Crippen LogP contribution in [-0.2, 0) is 34.9 Å². The van der Waals surface area contributed by atoms with Gasteiger partial charge in [-0.3, -0.25) is 0 Å². The molecular formula is C12H18N6O3S. The van der Waals surface area contributed by atoms with Crippen molar-refractivity contribution in [1.29, 1.82) is 0 Å². The molecular weight excluding hydrogens is 308 g/mol. The molecule has 0 radical (unpaired) electrons. The van der Waals surface area contributed by atoms with Gasteiger partial charge in [0, 0.05) is 39.4 Å². The van der Waals surface area contributed by atoms with Gasteiger partial charge in [-0.1, -0.05) is 0 Å². The minimum absolute atomic E-state index is 0.00596. The van der Waals surface area contributed by atoms with Gasteiger partial charge in [0.05, 0.1) is 19.5 Å². The molecule has 120 valence electrons. The first-order valence-electron chi connectivity index (χ1n) is 6.84. The molecule has 0 saturated carbocycles. The Balaban J connectivity index is 1.95. The van der Waals surface area contributed by atoms with Gasteiger partial charge in [0.25, 0.3) is 10.0 Å². The smallest absolute Gasteiger partial charge is 0.262 e. The van der Waals surface area contributed by atoms with E-state index in [0.29, 0.717) is 25.5 Å². The minimum Gasteiger partial charge on any atom is -0.384 e. The molecule has 0 N–H and O–H groups in total. The fraction of sp³-hybridized carbons (Fsp3) is 0.583. The largest absolute Gasteiger partial charge is 0.384 e. The Hall–Kier alpha value is -1.78. The number of methoxy groups -OCH3 is 1. The Bertz CT molecular complexity index is 753. The molecule has 2 aromatic heterocycles. The lowest BCUT2D eigenvalue weighted by Crippen LogP contribution is -2.35. The van der Waals surface area contributed by atoms with E-state index in [1.54, 1.807) is 23.4 Å². The van der Waals surface area contributed by atoms with Crippen molar-refractivity contribution in [3.63, 3.8) is 0 Å². The molecule has 0 saturated heterocycles. The van der Waals surface area contributed by atoms with Crippen LogP contribution in [0.1, 0.15) is 5.82 Å². The van der Waals surface area contributed by atoms with Crippen molar-refractivity contribution < 1.29 is 13.2 Å². The molecule has 2 aromatic rings. The Morgan fingerprint density at radius 2 is 2.18 bits per heavy atom. The second-order valence-electron chi connectivity index (χ2n) is 5.35. The minimum atomic E-state index is -3.67. The van der Waals surface area contributed by atoms with Crippen LogP contribution in [0.15, 0.2) is 23.9 Å². The van der Waals surface area contributed by atoms with Gasteiger partial charge in [-0.2, -0.15) is 9.40 Å². The highest BCUT2D eigenvalue weighted by atomic mass is 32.2. The number of ether oxygens (including phenoxy) is 1. The Kier molecular flexibility index (Phi) is 3.98. The number of aromatic nitrogens is 5. The number of sulfonamides is 1. The average molecular weight is 326 g/mol. The molecule has 0 aliphatic carbocycles. The van der Waals surface area contributed by atoms with Crippen LogP contribution in [0, 0.1) is 5.92 Å². The van der Waals surface area contributed by atoms with Crippen molar-refractivity contribution in [2.45, 2.75) is 18.1 Å². The summed E-state index contributed by atoms with van der Waals surface area (Å²) < 4.78 is 35.5. The summed E-state index contributed by atoms with van der Waals surface area (Å²) >= 11 is 0. The van der Waals surface area contributed by atoms with E-state index >= 15 is 0 Å². The number of fused-ring (bicyclic) bond motifs is 1. The molecule has 10 heteroatoms. The van der Waals surface area contributed by atoms with Crippen LogP contribution in [0.2, 0.25) is 0 Å². The first-order valence-corrected chi connectivity index (χ1v) is 8.28. The van der Waals surface area contributed by atoms with E-state index in [4.69, 9.17) is 4.74 Å². The lowest BCUT2D eigenvalue weighted by molar-refractivity contribution is 0.133. The van der Waals surface area contributed by atoms with E-state index in [1.807, 2.05) is 0 Å². The second kappa shape index (κ2) is 5.78. The zero-order valence-corrected chi connectivity index (χ0v) is 13.3. The van der Waals surface area contributed by atoms with E-state index < -0.39 is 10.0 Å². The van der Waals surface area contributed by atoms with Gasteiger partial charge in [-0.05, 0) is 0 Å². The molecule has 0 bridgehead atoms. The number of hydrogen-bond acceptors (Lipinski definition) is 6. The van der Waals surface area contributed by atoms with Gasteiger partial charge in [0.2, 0.25) is 0 Å². The van der Waals surface area contributed by atoms with Gasteiger partial charge >= 0.3 is 0 Å². The number of nitrogens with zero attached hydrogens (tertiary/aromatic N) is 6. The second-order valence-corrected chi connectivity index (χ2v) is 7.24. The first kappa shape index (κ1) is 15.1. The third-order valence-corrected chi connectivity index (χ3v) is 5.29. The summed E-state index contributed by atoms with van der Waals surface area (Å²) in [6.07, 6.45) is 4.41. The van der Waals surface area contributed by atoms with Crippen LogP contribution in [0.4, 0.5) is 0 Å².